The number of hydrogen-bond acceptors (Lipinski definition) is 4. The van der Waals surface area contributed by atoms with E-state index in [9.17, 15) is 9.59 Å². The molecule has 0 bridgehead atoms. The molecule has 0 unspecified atom stereocenters. The van der Waals surface area contributed by atoms with Crippen LogP contribution < -0.4 is 10.4 Å². The molecule has 0 spiro atoms. The van der Waals surface area contributed by atoms with Gasteiger partial charge < -0.3 is 14.0 Å². The molecule has 0 aromatic heterocycles. The molecular formula is C29H39NO4Si. The number of ether oxygens (including phenoxy) is 1. The van der Waals surface area contributed by atoms with Gasteiger partial charge in [0.25, 0.3) is 8.32 Å². The molecule has 6 heteroatoms. The van der Waals surface area contributed by atoms with Gasteiger partial charge in [-0.1, -0.05) is 101 Å². The summed E-state index contributed by atoms with van der Waals surface area (Å²) in [5.74, 6) is 0.0483. The molecule has 1 heterocycles. The molecule has 3 rings (SSSR count). The largest absolute Gasteiger partial charge is 0.453 e. The predicted molar refractivity (Wildman–Crippen MR) is 144 cm³/mol. The minimum Gasteiger partial charge on any atom is -0.453 e. The van der Waals surface area contributed by atoms with Gasteiger partial charge in [0, 0.05) is 5.92 Å². The number of piperidine rings is 1. The second-order valence-electron chi connectivity index (χ2n) is 10.3. The van der Waals surface area contributed by atoms with E-state index in [0.29, 0.717) is 6.61 Å². The van der Waals surface area contributed by atoms with Gasteiger partial charge in [0.15, 0.2) is 0 Å². The van der Waals surface area contributed by atoms with Crippen molar-refractivity contribution in [1.29, 1.82) is 0 Å². The number of nitrogens with zero attached hydrogens (tertiary/aromatic N) is 1. The highest BCUT2D eigenvalue weighted by Crippen LogP contribution is 2.39. The summed E-state index contributed by atoms with van der Waals surface area (Å²) in [6.45, 7) is 13.1. The number of aldehydes is 1. The zero-order valence-corrected chi connectivity index (χ0v) is 22.6. The molecule has 35 heavy (non-hydrogen) atoms. The van der Waals surface area contributed by atoms with Gasteiger partial charge in [0.1, 0.15) is 6.29 Å². The number of methoxy groups -OCH3 is 1. The van der Waals surface area contributed by atoms with Crippen molar-refractivity contribution in [2.45, 2.75) is 57.7 Å². The molecule has 0 saturated carbocycles. The van der Waals surface area contributed by atoms with Crippen molar-refractivity contribution in [3.05, 3.63) is 73.3 Å². The monoisotopic (exact) mass is 493 g/mol. The Labute approximate surface area is 211 Å². The fourth-order valence-corrected chi connectivity index (χ4v) is 10.3. The lowest BCUT2D eigenvalue weighted by Gasteiger charge is -2.49. The first-order valence-corrected chi connectivity index (χ1v) is 14.3. The Bertz CT molecular complexity index is 949. The number of carbonyl (C=O) groups is 2. The standard InChI is InChI=1S/C29H39NO4Si/c1-7-22-19-23(8-2)27(30(26(22)20-31)28(32)33-6)21-34-35(29(3,4)5,24-15-11-9-12-16-24)25-17-13-10-14-18-25/h7,9-18,20,22-23,26-27H,1,8,19,21H2,2-6H3/t22-,23-,26+,27-/m1/s1. The molecule has 1 aliphatic heterocycles. The van der Waals surface area contributed by atoms with E-state index in [4.69, 9.17) is 9.16 Å². The Kier molecular flexibility index (Phi) is 8.73. The van der Waals surface area contributed by atoms with Crippen LogP contribution in [-0.2, 0) is 14.0 Å². The van der Waals surface area contributed by atoms with Gasteiger partial charge in [-0.05, 0) is 27.8 Å². The summed E-state index contributed by atoms with van der Waals surface area (Å²) in [6, 6.07) is 20.0. The Morgan fingerprint density at radius 1 is 1.09 bits per heavy atom. The molecule has 5 nitrogen and oxygen atoms in total. The number of carbonyl (C=O) groups excluding carboxylic acids is 2. The maximum Gasteiger partial charge on any atom is 0.410 e. The lowest BCUT2D eigenvalue weighted by Crippen LogP contribution is -2.68. The quantitative estimate of drug-likeness (QED) is 0.301. The minimum atomic E-state index is -2.79. The first-order valence-electron chi connectivity index (χ1n) is 12.4. The van der Waals surface area contributed by atoms with E-state index in [1.807, 2.05) is 12.1 Å². The number of amides is 1. The number of rotatable bonds is 8. The average molecular weight is 494 g/mol. The van der Waals surface area contributed by atoms with Crippen LogP contribution in [0.25, 0.3) is 0 Å². The highest BCUT2D eigenvalue weighted by atomic mass is 28.4. The smallest absolute Gasteiger partial charge is 0.410 e. The number of benzene rings is 2. The maximum absolute atomic E-state index is 13.0. The summed E-state index contributed by atoms with van der Waals surface area (Å²) in [5.41, 5.74) is 0. The van der Waals surface area contributed by atoms with E-state index < -0.39 is 20.5 Å². The van der Waals surface area contributed by atoms with Crippen LogP contribution in [0.2, 0.25) is 5.04 Å². The Morgan fingerprint density at radius 2 is 1.63 bits per heavy atom. The highest BCUT2D eigenvalue weighted by molar-refractivity contribution is 6.99. The Balaban J connectivity index is 2.11. The van der Waals surface area contributed by atoms with E-state index >= 15 is 0 Å². The van der Waals surface area contributed by atoms with Crippen molar-refractivity contribution in [2.24, 2.45) is 11.8 Å². The fraction of sp³-hybridized carbons (Fsp3) is 0.448. The molecule has 1 fully saturated rings. The molecule has 188 valence electrons. The third kappa shape index (κ3) is 5.14. The summed E-state index contributed by atoms with van der Waals surface area (Å²) in [7, 11) is -1.43. The van der Waals surface area contributed by atoms with Crippen molar-refractivity contribution in [1.82, 2.24) is 4.90 Å². The van der Waals surface area contributed by atoms with Crippen molar-refractivity contribution in [2.75, 3.05) is 13.7 Å². The average Bonchev–Trinajstić information content (AvgIpc) is 2.88. The van der Waals surface area contributed by atoms with Crippen LogP contribution in [0.15, 0.2) is 73.3 Å². The summed E-state index contributed by atoms with van der Waals surface area (Å²) < 4.78 is 12.3. The van der Waals surface area contributed by atoms with Crippen molar-refractivity contribution >= 4 is 31.1 Å². The third-order valence-electron chi connectivity index (χ3n) is 7.48. The Hall–Kier alpha value is -2.70. The highest BCUT2D eigenvalue weighted by Gasteiger charge is 2.52. The van der Waals surface area contributed by atoms with Crippen molar-refractivity contribution in [3.8, 4) is 0 Å². The molecule has 0 radical (unpaired) electrons. The van der Waals surface area contributed by atoms with Crippen LogP contribution in [0.3, 0.4) is 0 Å². The van der Waals surface area contributed by atoms with Crippen LogP contribution in [0.1, 0.15) is 40.5 Å². The zero-order chi connectivity index (χ0) is 25.6. The Morgan fingerprint density at radius 3 is 2.03 bits per heavy atom. The molecular weight excluding hydrogens is 454 g/mol. The first-order chi connectivity index (χ1) is 16.7. The molecule has 1 amide bonds. The second-order valence-corrected chi connectivity index (χ2v) is 14.7. The van der Waals surface area contributed by atoms with Gasteiger partial charge >= 0.3 is 6.09 Å². The van der Waals surface area contributed by atoms with E-state index in [1.54, 1.807) is 11.0 Å². The van der Waals surface area contributed by atoms with Crippen LogP contribution in [0.5, 0.6) is 0 Å². The van der Waals surface area contributed by atoms with E-state index in [0.717, 1.165) is 19.1 Å². The third-order valence-corrected chi connectivity index (χ3v) is 12.5. The topological polar surface area (TPSA) is 55.8 Å². The molecule has 1 aliphatic rings. The van der Waals surface area contributed by atoms with E-state index in [-0.39, 0.29) is 22.9 Å². The zero-order valence-electron chi connectivity index (χ0n) is 21.6. The summed E-state index contributed by atoms with van der Waals surface area (Å²) in [6.07, 6.45) is 3.79. The predicted octanol–water partition coefficient (Wildman–Crippen LogP) is 4.80. The fourth-order valence-electron chi connectivity index (χ4n) is 5.69. The number of hydrogen-bond donors (Lipinski definition) is 0. The molecule has 0 N–H and O–H groups in total. The molecule has 1 saturated heterocycles. The molecule has 0 aliphatic carbocycles. The van der Waals surface area contributed by atoms with Crippen LogP contribution in [0.4, 0.5) is 4.79 Å². The van der Waals surface area contributed by atoms with Crippen molar-refractivity contribution in [3.63, 3.8) is 0 Å². The summed E-state index contributed by atoms with van der Waals surface area (Å²) in [4.78, 5) is 26.8. The van der Waals surface area contributed by atoms with Crippen LogP contribution in [-0.4, -0.2) is 51.4 Å². The van der Waals surface area contributed by atoms with Crippen molar-refractivity contribution < 1.29 is 18.8 Å². The lowest BCUT2D eigenvalue weighted by atomic mass is 9.78. The van der Waals surface area contributed by atoms with Gasteiger partial charge in [-0.3, -0.25) is 4.90 Å². The van der Waals surface area contributed by atoms with E-state index in [2.05, 4.69) is 82.8 Å². The molecule has 2 aromatic carbocycles. The van der Waals surface area contributed by atoms with Gasteiger partial charge in [0.2, 0.25) is 0 Å². The van der Waals surface area contributed by atoms with Gasteiger partial charge in [-0.25, -0.2) is 4.79 Å². The molecule has 2 aromatic rings. The summed E-state index contributed by atoms with van der Waals surface area (Å²) in [5, 5.41) is 2.18. The second kappa shape index (κ2) is 11.4. The van der Waals surface area contributed by atoms with Crippen LogP contribution >= 0.6 is 0 Å². The lowest BCUT2D eigenvalue weighted by molar-refractivity contribution is -0.117. The summed E-state index contributed by atoms with van der Waals surface area (Å²) >= 11 is 0. The van der Waals surface area contributed by atoms with Gasteiger partial charge in [-0.15, -0.1) is 6.58 Å². The first kappa shape index (κ1) is 26.9. The normalized spacial score (nSPS) is 22.9. The number of likely N-dealkylation sites (tertiary alicyclic amines) is 1. The van der Waals surface area contributed by atoms with Gasteiger partial charge in [0.05, 0.1) is 25.8 Å². The van der Waals surface area contributed by atoms with Gasteiger partial charge in [-0.2, -0.15) is 0 Å². The SMILES string of the molecule is C=C[C@@H]1C[C@@H](CC)[C@@H](CO[Si](c2ccccc2)(c2ccccc2)C(C)(C)C)N(C(=O)OC)[C@H]1C=O. The minimum absolute atomic E-state index is 0.110. The molecule has 4 atom stereocenters. The maximum atomic E-state index is 13.0. The van der Waals surface area contributed by atoms with Crippen LogP contribution in [0, 0.1) is 11.8 Å². The van der Waals surface area contributed by atoms with E-state index in [1.165, 1.54) is 17.5 Å².